The van der Waals surface area contributed by atoms with Gasteiger partial charge in [0.15, 0.2) is 0 Å². The van der Waals surface area contributed by atoms with E-state index in [-0.39, 0.29) is 11.2 Å². The summed E-state index contributed by atoms with van der Waals surface area (Å²) in [6.45, 7) is 12.8. The van der Waals surface area contributed by atoms with Crippen LogP contribution in [0.1, 0.15) is 47.5 Å². The van der Waals surface area contributed by atoms with Gasteiger partial charge in [-0.2, -0.15) is 0 Å². The zero-order chi connectivity index (χ0) is 18.5. The summed E-state index contributed by atoms with van der Waals surface area (Å²) in [7, 11) is -0.447. The van der Waals surface area contributed by atoms with E-state index in [4.69, 9.17) is 9.31 Å². The Labute approximate surface area is 156 Å². The number of anilines is 1. The molecule has 0 amide bonds. The van der Waals surface area contributed by atoms with E-state index in [0.29, 0.717) is 0 Å². The van der Waals surface area contributed by atoms with Gasteiger partial charge in [-0.3, -0.25) is 9.97 Å². The number of fused-ring (bicyclic) bond motifs is 1. The molecular weight excluding hydrogens is 325 g/mol. The number of aromatic nitrogens is 2. The molecule has 0 radical (unpaired) electrons. The van der Waals surface area contributed by atoms with Gasteiger partial charge in [0.2, 0.25) is 0 Å². The highest BCUT2D eigenvalue weighted by molar-refractivity contribution is 6.61. The van der Waals surface area contributed by atoms with E-state index < -0.39 is 7.12 Å². The molecule has 0 N–H and O–H groups in total. The molecule has 5 nitrogen and oxygen atoms in total. The predicted molar refractivity (Wildman–Crippen MR) is 106 cm³/mol. The van der Waals surface area contributed by atoms with Crippen molar-refractivity contribution in [3.05, 3.63) is 24.5 Å². The van der Waals surface area contributed by atoms with Crippen molar-refractivity contribution in [3.8, 4) is 0 Å². The van der Waals surface area contributed by atoms with Crippen molar-refractivity contribution in [3.63, 3.8) is 0 Å². The first-order valence-corrected chi connectivity index (χ1v) is 9.62. The predicted octanol–water partition coefficient (Wildman–Crippen LogP) is 3.17. The summed E-state index contributed by atoms with van der Waals surface area (Å²) in [4.78, 5) is 11.6. The SMILES string of the molecule is CC1CCCN(c2ccnc3cnc(B4OC(C)(C)C(C)(C)O4)cc23)C1. The number of hydrogen-bond donors (Lipinski definition) is 0. The third kappa shape index (κ3) is 2.99. The van der Waals surface area contributed by atoms with Crippen molar-refractivity contribution in [2.45, 2.75) is 58.7 Å². The summed E-state index contributed by atoms with van der Waals surface area (Å²) in [5.41, 5.74) is 2.24. The second kappa shape index (κ2) is 6.20. The van der Waals surface area contributed by atoms with Crippen molar-refractivity contribution < 1.29 is 9.31 Å². The van der Waals surface area contributed by atoms with Gasteiger partial charge in [0.1, 0.15) is 0 Å². The lowest BCUT2D eigenvalue weighted by Gasteiger charge is -2.33. The number of piperidine rings is 1. The first-order chi connectivity index (χ1) is 12.3. The standard InChI is InChI=1S/C20H28BN3O2/c1-14-7-6-10-24(13-14)17-8-9-22-16-12-23-18(11-15(16)17)21-25-19(2,3)20(4,5)26-21/h8-9,11-12,14H,6-7,10,13H2,1-5H3. The van der Waals surface area contributed by atoms with E-state index in [0.717, 1.165) is 35.5 Å². The van der Waals surface area contributed by atoms with Gasteiger partial charge in [-0.1, -0.05) is 6.92 Å². The molecule has 138 valence electrons. The van der Waals surface area contributed by atoms with Crippen LogP contribution in [-0.2, 0) is 9.31 Å². The fourth-order valence-electron chi connectivity index (χ4n) is 3.83. The molecule has 2 saturated heterocycles. The highest BCUT2D eigenvalue weighted by atomic mass is 16.7. The molecule has 2 aromatic rings. The Hall–Kier alpha value is -1.66. The van der Waals surface area contributed by atoms with Gasteiger partial charge in [-0.05, 0) is 58.6 Å². The van der Waals surface area contributed by atoms with Gasteiger partial charge >= 0.3 is 7.12 Å². The monoisotopic (exact) mass is 353 g/mol. The quantitative estimate of drug-likeness (QED) is 0.776. The Morgan fingerprint density at radius 3 is 2.58 bits per heavy atom. The zero-order valence-electron chi connectivity index (χ0n) is 16.5. The van der Waals surface area contributed by atoms with Crippen LogP contribution in [0.25, 0.3) is 10.9 Å². The maximum atomic E-state index is 6.18. The molecule has 6 heteroatoms. The smallest absolute Gasteiger partial charge is 0.398 e. The maximum Gasteiger partial charge on any atom is 0.514 e. The van der Waals surface area contributed by atoms with E-state index in [1.807, 2.05) is 12.4 Å². The highest BCUT2D eigenvalue weighted by Crippen LogP contribution is 2.36. The summed E-state index contributed by atoms with van der Waals surface area (Å²) >= 11 is 0. The van der Waals surface area contributed by atoms with E-state index in [1.165, 1.54) is 18.5 Å². The third-order valence-electron chi connectivity index (χ3n) is 6.12. The Balaban J connectivity index is 1.72. The lowest BCUT2D eigenvalue weighted by atomic mass is 9.83. The Morgan fingerprint density at radius 1 is 1.15 bits per heavy atom. The van der Waals surface area contributed by atoms with Crippen LogP contribution >= 0.6 is 0 Å². The second-order valence-corrected chi connectivity index (χ2v) is 8.74. The number of rotatable bonds is 2. The van der Waals surface area contributed by atoms with Crippen LogP contribution in [-0.4, -0.2) is 41.4 Å². The maximum absolute atomic E-state index is 6.18. The lowest BCUT2D eigenvalue weighted by molar-refractivity contribution is 0.00578. The zero-order valence-corrected chi connectivity index (χ0v) is 16.5. The van der Waals surface area contributed by atoms with Gasteiger partial charge in [0.05, 0.1) is 28.5 Å². The Morgan fingerprint density at radius 2 is 1.88 bits per heavy atom. The van der Waals surface area contributed by atoms with Crippen LogP contribution in [0.3, 0.4) is 0 Å². The topological polar surface area (TPSA) is 47.5 Å². The van der Waals surface area contributed by atoms with Gasteiger partial charge in [0, 0.05) is 30.4 Å². The summed E-state index contributed by atoms with van der Waals surface area (Å²) in [6.07, 6.45) is 6.26. The van der Waals surface area contributed by atoms with Crippen molar-refractivity contribution in [2.24, 2.45) is 5.92 Å². The fourth-order valence-corrected chi connectivity index (χ4v) is 3.83. The van der Waals surface area contributed by atoms with Gasteiger partial charge in [0.25, 0.3) is 0 Å². The van der Waals surface area contributed by atoms with Crippen LogP contribution in [0.2, 0.25) is 0 Å². The Bertz CT molecular complexity index is 808. The largest absolute Gasteiger partial charge is 0.514 e. The molecular formula is C20H28BN3O2. The Kier molecular flexibility index (Phi) is 4.23. The molecule has 4 rings (SSSR count). The van der Waals surface area contributed by atoms with Crippen LogP contribution in [0.4, 0.5) is 5.69 Å². The molecule has 0 saturated carbocycles. The molecule has 2 aliphatic heterocycles. The van der Waals surface area contributed by atoms with Crippen LogP contribution in [0.5, 0.6) is 0 Å². The summed E-state index contributed by atoms with van der Waals surface area (Å²) in [5.74, 6) is 0.719. The molecule has 1 unspecified atom stereocenters. The van der Waals surface area contributed by atoms with E-state index >= 15 is 0 Å². The minimum Gasteiger partial charge on any atom is -0.398 e. The highest BCUT2D eigenvalue weighted by Gasteiger charge is 2.52. The lowest BCUT2D eigenvalue weighted by Crippen LogP contribution is -2.41. The summed E-state index contributed by atoms with van der Waals surface area (Å²) in [5, 5.41) is 1.13. The molecule has 0 bridgehead atoms. The number of nitrogens with zero attached hydrogens (tertiary/aromatic N) is 3. The molecule has 0 aromatic carbocycles. The van der Waals surface area contributed by atoms with Crippen LogP contribution < -0.4 is 10.5 Å². The average molecular weight is 353 g/mol. The second-order valence-electron chi connectivity index (χ2n) is 8.74. The molecule has 26 heavy (non-hydrogen) atoms. The summed E-state index contributed by atoms with van der Waals surface area (Å²) in [6, 6.07) is 4.22. The van der Waals surface area contributed by atoms with Crippen molar-refractivity contribution in [1.82, 2.24) is 9.97 Å². The molecule has 4 heterocycles. The average Bonchev–Trinajstić information content (AvgIpc) is 2.81. The van der Waals surface area contributed by atoms with Crippen molar-refractivity contribution in [1.29, 1.82) is 0 Å². The third-order valence-corrected chi connectivity index (χ3v) is 6.12. The molecule has 0 aliphatic carbocycles. The van der Waals surface area contributed by atoms with Crippen LogP contribution in [0.15, 0.2) is 24.5 Å². The first-order valence-electron chi connectivity index (χ1n) is 9.62. The normalized spacial score (nSPS) is 25.0. The number of pyridine rings is 2. The summed E-state index contributed by atoms with van der Waals surface area (Å²) < 4.78 is 12.4. The van der Waals surface area contributed by atoms with E-state index in [1.54, 1.807) is 0 Å². The van der Waals surface area contributed by atoms with Crippen molar-refractivity contribution >= 4 is 29.3 Å². The first kappa shape index (κ1) is 17.7. The van der Waals surface area contributed by atoms with Gasteiger partial charge < -0.3 is 14.2 Å². The van der Waals surface area contributed by atoms with E-state index in [2.05, 4.69) is 61.6 Å². The molecule has 0 spiro atoms. The van der Waals surface area contributed by atoms with E-state index in [9.17, 15) is 0 Å². The fraction of sp³-hybridized carbons (Fsp3) is 0.600. The van der Waals surface area contributed by atoms with Gasteiger partial charge in [-0.25, -0.2) is 0 Å². The number of hydrogen-bond acceptors (Lipinski definition) is 5. The minimum absolute atomic E-state index is 0.367. The molecule has 2 aliphatic rings. The molecule has 2 fully saturated rings. The van der Waals surface area contributed by atoms with Crippen molar-refractivity contribution in [2.75, 3.05) is 18.0 Å². The molecule has 1 atom stereocenters. The van der Waals surface area contributed by atoms with Crippen LogP contribution in [0, 0.1) is 5.92 Å². The molecule has 2 aromatic heterocycles. The van der Waals surface area contributed by atoms with Gasteiger partial charge in [-0.15, -0.1) is 0 Å². The minimum atomic E-state index is -0.447.